The molecular weight excluding hydrogens is 223 g/mol. The molecule has 3 N–H and O–H groups in total. The molecule has 0 unspecified atom stereocenters. The van der Waals surface area contributed by atoms with Crippen LogP contribution < -0.4 is 11.1 Å². The van der Waals surface area contributed by atoms with Gasteiger partial charge in [0, 0.05) is 13.2 Å². The van der Waals surface area contributed by atoms with Gasteiger partial charge in [-0.05, 0) is 25.0 Å². The number of hydrogen-bond donors (Lipinski definition) is 2. The third kappa shape index (κ3) is 2.39. The molecule has 4 nitrogen and oxygen atoms in total. The molecule has 17 heavy (non-hydrogen) atoms. The first-order valence-electron chi connectivity index (χ1n) is 5.49. The highest BCUT2D eigenvalue weighted by atomic mass is 19.1. The van der Waals surface area contributed by atoms with E-state index >= 15 is 0 Å². The largest absolute Gasteiger partial charge is 0.396 e. The Bertz CT molecular complexity index is 431. The van der Waals surface area contributed by atoms with Crippen molar-refractivity contribution in [2.75, 3.05) is 12.8 Å². The zero-order valence-electron chi connectivity index (χ0n) is 9.57. The van der Waals surface area contributed by atoms with Crippen molar-refractivity contribution in [1.82, 2.24) is 5.32 Å². The monoisotopic (exact) mass is 238 g/mol. The second kappa shape index (κ2) is 4.71. The number of amides is 1. The van der Waals surface area contributed by atoms with Gasteiger partial charge in [-0.1, -0.05) is 6.07 Å². The normalized spacial score (nSPS) is 22.9. The van der Waals surface area contributed by atoms with Crippen molar-refractivity contribution in [1.29, 1.82) is 0 Å². The highest BCUT2D eigenvalue weighted by Crippen LogP contribution is 2.23. The number of ether oxygens (including phenoxy) is 1. The molecule has 1 aliphatic carbocycles. The predicted molar refractivity (Wildman–Crippen MR) is 62.1 cm³/mol. The van der Waals surface area contributed by atoms with Crippen molar-refractivity contribution in [3.8, 4) is 0 Å². The van der Waals surface area contributed by atoms with Gasteiger partial charge in [-0.25, -0.2) is 4.39 Å². The van der Waals surface area contributed by atoms with Crippen LogP contribution in [0, 0.1) is 5.82 Å². The molecule has 0 radical (unpaired) electrons. The fourth-order valence-corrected chi connectivity index (χ4v) is 1.87. The van der Waals surface area contributed by atoms with Gasteiger partial charge >= 0.3 is 0 Å². The maximum atomic E-state index is 13.2. The van der Waals surface area contributed by atoms with E-state index in [9.17, 15) is 9.18 Å². The molecule has 1 saturated carbocycles. The lowest BCUT2D eigenvalue weighted by Gasteiger charge is -2.34. The van der Waals surface area contributed by atoms with Gasteiger partial charge in [-0.15, -0.1) is 0 Å². The lowest BCUT2D eigenvalue weighted by atomic mass is 9.89. The molecule has 0 aliphatic heterocycles. The van der Waals surface area contributed by atoms with Crippen LogP contribution in [0.5, 0.6) is 0 Å². The van der Waals surface area contributed by atoms with Gasteiger partial charge in [-0.3, -0.25) is 4.79 Å². The molecule has 92 valence electrons. The van der Waals surface area contributed by atoms with E-state index in [1.165, 1.54) is 18.2 Å². The van der Waals surface area contributed by atoms with Gasteiger partial charge in [0.15, 0.2) is 0 Å². The molecule has 1 aliphatic rings. The summed E-state index contributed by atoms with van der Waals surface area (Å²) in [6.45, 7) is 0. The van der Waals surface area contributed by atoms with E-state index in [1.807, 2.05) is 0 Å². The smallest absolute Gasteiger partial charge is 0.253 e. The first-order valence-corrected chi connectivity index (χ1v) is 5.49. The van der Waals surface area contributed by atoms with Crippen molar-refractivity contribution in [3.63, 3.8) is 0 Å². The van der Waals surface area contributed by atoms with Gasteiger partial charge in [0.05, 0.1) is 17.4 Å². The second-order valence-electron chi connectivity index (χ2n) is 4.20. The second-order valence-corrected chi connectivity index (χ2v) is 4.20. The summed E-state index contributed by atoms with van der Waals surface area (Å²) in [5, 5.41) is 2.80. The highest BCUT2D eigenvalue weighted by Gasteiger charge is 2.30. The number of para-hydroxylation sites is 1. The quantitative estimate of drug-likeness (QED) is 0.780. The summed E-state index contributed by atoms with van der Waals surface area (Å²) < 4.78 is 18.3. The van der Waals surface area contributed by atoms with Crippen molar-refractivity contribution in [3.05, 3.63) is 29.6 Å². The molecule has 1 aromatic rings. The third-order valence-electron chi connectivity index (χ3n) is 3.06. The van der Waals surface area contributed by atoms with E-state index in [0.29, 0.717) is 0 Å². The number of nitrogens with one attached hydrogen (secondary N) is 1. The summed E-state index contributed by atoms with van der Waals surface area (Å²) in [7, 11) is 1.65. The maximum absolute atomic E-state index is 13.2. The number of methoxy groups -OCH3 is 1. The van der Waals surface area contributed by atoms with E-state index in [-0.39, 0.29) is 29.3 Å². The number of carbonyl (C=O) groups excluding carboxylic acids is 1. The fourth-order valence-electron chi connectivity index (χ4n) is 1.87. The third-order valence-corrected chi connectivity index (χ3v) is 3.06. The average molecular weight is 238 g/mol. The number of carbonyl (C=O) groups is 1. The zero-order chi connectivity index (χ0) is 12.4. The highest BCUT2D eigenvalue weighted by molar-refractivity contribution is 5.99. The molecule has 2 rings (SSSR count). The minimum absolute atomic E-state index is 0.0927. The molecular formula is C12H15FN2O2. The van der Waals surface area contributed by atoms with E-state index in [4.69, 9.17) is 10.5 Å². The summed E-state index contributed by atoms with van der Waals surface area (Å²) in [5.41, 5.74) is 5.59. The molecule has 5 heteroatoms. The van der Waals surface area contributed by atoms with Crippen molar-refractivity contribution in [2.45, 2.75) is 25.0 Å². The van der Waals surface area contributed by atoms with Crippen LogP contribution in [0.15, 0.2) is 18.2 Å². The van der Waals surface area contributed by atoms with E-state index in [0.717, 1.165) is 12.8 Å². The fraction of sp³-hybridized carbons (Fsp3) is 0.417. The SMILES string of the molecule is COC1CC(NC(=O)c2cccc(F)c2N)C1. The minimum atomic E-state index is -0.568. The van der Waals surface area contributed by atoms with Crippen LogP contribution >= 0.6 is 0 Å². The predicted octanol–water partition coefficient (Wildman–Crippen LogP) is 1.32. The maximum Gasteiger partial charge on any atom is 0.253 e. The molecule has 0 atom stereocenters. The topological polar surface area (TPSA) is 64.3 Å². The first-order chi connectivity index (χ1) is 8.11. The van der Waals surface area contributed by atoms with Gasteiger partial charge < -0.3 is 15.8 Å². The van der Waals surface area contributed by atoms with E-state index in [2.05, 4.69) is 5.32 Å². The zero-order valence-corrected chi connectivity index (χ0v) is 9.57. The molecule has 0 heterocycles. The van der Waals surface area contributed by atoms with Gasteiger partial charge in [0.2, 0.25) is 0 Å². The van der Waals surface area contributed by atoms with Crippen LogP contribution in [0.25, 0.3) is 0 Å². The molecule has 1 aromatic carbocycles. The molecule has 0 aromatic heterocycles. The van der Waals surface area contributed by atoms with E-state index < -0.39 is 5.82 Å². The van der Waals surface area contributed by atoms with Crippen molar-refractivity contribution in [2.24, 2.45) is 0 Å². The van der Waals surface area contributed by atoms with Crippen LogP contribution in [0.2, 0.25) is 0 Å². The number of nitrogens with two attached hydrogens (primary N) is 1. The minimum Gasteiger partial charge on any atom is -0.396 e. The van der Waals surface area contributed by atoms with Gasteiger partial charge in [0.25, 0.3) is 5.91 Å². The summed E-state index contributed by atoms with van der Waals surface area (Å²) in [4.78, 5) is 11.8. The van der Waals surface area contributed by atoms with Gasteiger partial charge in [0.1, 0.15) is 5.82 Å². The number of anilines is 1. The molecule has 0 spiro atoms. The summed E-state index contributed by atoms with van der Waals surface area (Å²) in [6, 6.07) is 4.31. The Balaban J connectivity index is 1.99. The molecule has 1 amide bonds. The Morgan fingerprint density at radius 2 is 2.24 bits per heavy atom. The Labute approximate surface area is 98.9 Å². The van der Waals surface area contributed by atoms with E-state index in [1.54, 1.807) is 7.11 Å². The Kier molecular flexibility index (Phi) is 3.28. The number of benzene rings is 1. The summed E-state index contributed by atoms with van der Waals surface area (Å²) in [5.74, 6) is -0.900. The molecule has 0 saturated heterocycles. The molecule has 0 bridgehead atoms. The standard InChI is InChI=1S/C12H15FN2O2/c1-17-8-5-7(6-8)15-12(16)9-3-2-4-10(13)11(9)14/h2-4,7-8H,5-6,14H2,1H3,(H,15,16). The number of nitrogen functional groups attached to an aromatic ring is 1. The van der Waals surface area contributed by atoms with Crippen molar-refractivity contribution >= 4 is 11.6 Å². The lowest BCUT2D eigenvalue weighted by molar-refractivity contribution is 0.0176. The number of halogens is 1. The van der Waals surface area contributed by atoms with Crippen LogP contribution in [0.1, 0.15) is 23.2 Å². The van der Waals surface area contributed by atoms with Gasteiger partial charge in [-0.2, -0.15) is 0 Å². The molecule has 1 fully saturated rings. The Hall–Kier alpha value is -1.62. The van der Waals surface area contributed by atoms with Crippen LogP contribution in [0.4, 0.5) is 10.1 Å². The van der Waals surface area contributed by atoms with Crippen LogP contribution in [-0.4, -0.2) is 25.2 Å². The summed E-state index contributed by atoms with van der Waals surface area (Å²) in [6.07, 6.45) is 1.79. The number of hydrogen-bond acceptors (Lipinski definition) is 3. The first kappa shape index (κ1) is 11.9. The Morgan fingerprint density at radius 3 is 2.88 bits per heavy atom. The average Bonchev–Trinajstić information content (AvgIpc) is 2.26. The lowest BCUT2D eigenvalue weighted by Crippen LogP contribution is -2.47. The number of rotatable bonds is 3. The Morgan fingerprint density at radius 1 is 1.53 bits per heavy atom. The van der Waals surface area contributed by atoms with Crippen molar-refractivity contribution < 1.29 is 13.9 Å². The van der Waals surface area contributed by atoms with Crippen LogP contribution in [-0.2, 0) is 4.74 Å². The van der Waals surface area contributed by atoms with Crippen LogP contribution in [0.3, 0.4) is 0 Å². The summed E-state index contributed by atoms with van der Waals surface area (Å²) >= 11 is 0.